The lowest BCUT2D eigenvalue weighted by atomic mass is 10.3. The van der Waals surface area contributed by atoms with Gasteiger partial charge in [-0.25, -0.2) is 8.42 Å². The minimum absolute atomic E-state index is 0.374. The van der Waals surface area contributed by atoms with Gasteiger partial charge in [-0.3, -0.25) is 4.68 Å². The fourth-order valence-electron chi connectivity index (χ4n) is 3.06. The third-order valence-corrected chi connectivity index (χ3v) is 6.14. The lowest BCUT2D eigenvalue weighted by Crippen LogP contribution is -2.32. The van der Waals surface area contributed by atoms with Crippen molar-refractivity contribution in [3.05, 3.63) is 11.9 Å². The Hall–Kier alpha value is -0.880. The van der Waals surface area contributed by atoms with E-state index in [1.165, 1.54) is 12.8 Å². The minimum Gasteiger partial charge on any atom is -0.268 e. The maximum absolute atomic E-state index is 12.8. The molecule has 0 unspecified atom stereocenters. The number of aromatic nitrogens is 2. The largest absolute Gasteiger partial charge is 0.268 e. The summed E-state index contributed by atoms with van der Waals surface area (Å²) in [7, 11) is -3.41. The summed E-state index contributed by atoms with van der Waals surface area (Å²) in [6.45, 7) is 6.96. The Morgan fingerprint density at radius 3 is 2.33 bits per heavy atom. The first-order valence-electron chi connectivity index (χ1n) is 8.06. The van der Waals surface area contributed by atoms with E-state index in [0.29, 0.717) is 29.7 Å². The fraction of sp³-hybridized carbons (Fsp3) is 0.800. The van der Waals surface area contributed by atoms with Crippen molar-refractivity contribution in [2.24, 2.45) is 0 Å². The Labute approximate surface area is 128 Å². The molecule has 0 spiro atoms. The standard InChI is InChI=1S/C15H27N3O2S/c1-4-10-17(11-5-2)21(19,20)15-12-18(16-13(15)3)14-8-6-7-9-14/h12,14H,4-11H2,1-3H3. The van der Waals surface area contributed by atoms with Crippen molar-refractivity contribution in [2.75, 3.05) is 13.1 Å². The molecule has 0 amide bonds. The predicted molar refractivity (Wildman–Crippen MR) is 83.8 cm³/mol. The molecule has 0 saturated heterocycles. The van der Waals surface area contributed by atoms with Gasteiger partial charge in [-0.2, -0.15) is 9.40 Å². The van der Waals surface area contributed by atoms with Gasteiger partial charge in [-0.05, 0) is 32.6 Å². The third-order valence-electron chi connectivity index (χ3n) is 4.13. The first kappa shape index (κ1) is 16.5. The molecule has 1 heterocycles. The number of nitrogens with zero attached hydrogens (tertiary/aromatic N) is 3. The summed E-state index contributed by atoms with van der Waals surface area (Å²) in [6, 6.07) is 0.374. The topological polar surface area (TPSA) is 55.2 Å². The van der Waals surface area contributed by atoms with E-state index in [4.69, 9.17) is 0 Å². The highest BCUT2D eigenvalue weighted by atomic mass is 32.2. The van der Waals surface area contributed by atoms with Crippen LogP contribution < -0.4 is 0 Å². The van der Waals surface area contributed by atoms with E-state index < -0.39 is 10.0 Å². The van der Waals surface area contributed by atoms with Crippen LogP contribution in [0.15, 0.2) is 11.1 Å². The lowest BCUT2D eigenvalue weighted by Gasteiger charge is -2.20. The van der Waals surface area contributed by atoms with Gasteiger partial charge in [0.15, 0.2) is 0 Å². The minimum atomic E-state index is -3.41. The van der Waals surface area contributed by atoms with Gasteiger partial charge in [0.1, 0.15) is 4.90 Å². The van der Waals surface area contributed by atoms with Gasteiger partial charge in [0.05, 0.1) is 11.7 Å². The Kier molecular flexibility index (Phi) is 5.43. The van der Waals surface area contributed by atoms with Gasteiger partial charge in [0.25, 0.3) is 0 Å². The smallest absolute Gasteiger partial charge is 0.246 e. The summed E-state index contributed by atoms with van der Waals surface area (Å²) in [5, 5.41) is 4.47. The van der Waals surface area contributed by atoms with Crippen molar-refractivity contribution >= 4 is 10.0 Å². The number of rotatable bonds is 7. The van der Waals surface area contributed by atoms with Crippen molar-refractivity contribution in [3.8, 4) is 0 Å². The molecule has 0 atom stereocenters. The molecule has 1 aliphatic rings. The number of sulfonamides is 1. The van der Waals surface area contributed by atoms with Gasteiger partial charge in [-0.1, -0.05) is 26.7 Å². The molecule has 0 aliphatic heterocycles. The summed E-state index contributed by atoms with van der Waals surface area (Å²) in [4.78, 5) is 0.385. The molecule has 5 nitrogen and oxygen atoms in total. The second-order valence-corrected chi connectivity index (χ2v) is 7.81. The van der Waals surface area contributed by atoms with Crippen molar-refractivity contribution in [2.45, 2.75) is 70.2 Å². The first-order valence-corrected chi connectivity index (χ1v) is 9.50. The van der Waals surface area contributed by atoms with Gasteiger partial charge in [0.2, 0.25) is 10.0 Å². The molecule has 0 radical (unpaired) electrons. The molecule has 120 valence electrons. The van der Waals surface area contributed by atoms with Crippen LogP contribution in [-0.2, 0) is 10.0 Å². The molecular formula is C15H27N3O2S. The highest BCUT2D eigenvalue weighted by Gasteiger charge is 2.28. The summed E-state index contributed by atoms with van der Waals surface area (Å²) in [5.74, 6) is 0. The van der Waals surface area contributed by atoms with E-state index in [0.717, 1.165) is 25.7 Å². The van der Waals surface area contributed by atoms with Crippen LogP contribution in [0.2, 0.25) is 0 Å². The summed E-state index contributed by atoms with van der Waals surface area (Å²) < 4.78 is 29.1. The maximum Gasteiger partial charge on any atom is 0.246 e. The first-order chi connectivity index (χ1) is 10.0. The number of hydrogen-bond acceptors (Lipinski definition) is 3. The molecule has 0 N–H and O–H groups in total. The van der Waals surface area contributed by atoms with E-state index in [1.54, 1.807) is 17.4 Å². The average molecular weight is 313 g/mol. The maximum atomic E-state index is 12.8. The van der Waals surface area contributed by atoms with Crippen LogP contribution in [0.4, 0.5) is 0 Å². The van der Waals surface area contributed by atoms with E-state index >= 15 is 0 Å². The molecule has 0 aromatic carbocycles. The fourth-order valence-corrected chi connectivity index (χ4v) is 4.84. The lowest BCUT2D eigenvalue weighted by molar-refractivity contribution is 0.409. The van der Waals surface area contributed by atoms with Crippen LogP contribution in [0.3, 0.4) is 0 Å². The predicted octanol–water partition coefficient (Wildman–Crippen LogP) is 3.12. The van der Waals surface area contributed by atoms with Crippen molar-refractivity contribution in [3.63, 3.8) is 0 Å². The zero-order chi connectivity index (χ0) is 15.5. The molecule has 1 saturated carbocycles. The quantitative estimate of drug-likeness (QED) is 0.777. The summed E-state index contributed by atoms with van der Waals surface area (Å²) in [5.41, 5.74) is 0.624. The van der Waals surface area contributed by atoms with Gasteiger partial charge >= 0.3 is 0 Å². The SMILES string of the molecule is CCCN(CCC)S(=O)(=O)c1cn(C2CCCC2)nc1C. The zero-order valence-electron chi connectivity index (χ0n) is 13.4. The molecule has 1 aliphatic carbocycles. The second-order valence-electron chi connectivity index (χ2n) is 5.90. The Morgan fingerprint density at radius 1 is 1.24 bits per heavy atom. The van der Waals surface area contributed by atoms with Crippen molar-refractivity contribution in [1.29, 1.82) is 0 Å². The van der Waals surface area contributed by atoms with Crippen molar-refractivity contribution in [1.82, 2.24) is 14.1 Å². The molecule has 0 bridgehead atoms. The Bertz CT molecular complexity index is 553. The molecule has 1 aromatic heterocycles. The van der Waals surface area contributed by atoms with E-state index in [2.05, 4.69) is 5.10 Å². The zero-order valence-corrected chi connectivity index (χ0v) is 14.2. The van der Waals surface area contributed by atoms with Crippen LogP contribution in [0, 0.1) is 6.92 Å². The van der Waals surface area contributed by atoms with Crippen LogP contribution in [0.1, 0.15) is 64.1 Å². The summed E-state index contributed by atoms with van der Waals surface area (Å²) in [6.07, 6.45) is 8.04. The molecule has 21 heavy (non-hydrogen) atoms. The van der Waals surface area contributed by atoms with Gasteiger partial charge in [-0.15, -0.1) is 0 Å². The molecule has 6 heteroatoms. The van der Waals surface area contributed by atoms with Gasteiger partial charge in [0, 0.05) is 19.3 Å². The number of aryl methyl sites for hydroxylation is 1. The van der Waals surface area contributed by atoms with Crippen molar-refractivity contribution < 1.29 is 8.42 Å². The van der Waals surface area contributed by atoms with Crippen LogP contribution in [-0.4, -0.2) is 35.6 Å². The van der Waals surface area contributed by atoms with E-state index in [9.17, 15) is 8.42 Å². The van der Waals surface area contributed by atoms with Crippen LogP contribution in [0.25, 0.3) is 0 Å². The molecular weight excluding hydrogens is 286 g/mol. The Balaban J connectivity index is 2.30. The second kappa shape index (κ2) is 6.92. The average Bonchev–Trinajstić information content (AvgIpc) is 3.07. The Morgan fingerprint density at radius 2 is 1.81 bits per heavy atom. The summed E-state index contributed by atoms with van der Waals surface area (Å²) >= 11 is 0. The van der Waals surface area contributed by atoms with E-state index in [-0.39, 0.29) is 0 Å². The molecule has 1 aromatic rings. The number of hydrogen-bond donors (Lipinski definition) is 0. The van der Waals surface area contributed by atoms with E-state index in [1.807, 2.05) is 18.5 Å². The van der Waals surface area contributed by atoms with Crippen LogP contribution in [0.5, 0.6) is 0 Å². The molecule has 1 fully saturated rings. The highest BCUT2D eigenvalue weighted by Crippen LogP contribution is 2.30. The van der Waals surface area contributed by atoms with Crippen LogP contribution >= 0.6 is 0 Å². The normalized spacial score (nSPS) is 17.0. The highest BCUT2D eigenvalue weighted by molar-refractivity contribution is 7.89. The van der Waals surface area contributed by atoms with Gasteiger partial charge < -0.3 is 0 Å². The monoisotopic (exact) mass is 313 g/mol. The molecule has 2 rings (SSSR count). The third kappa shape index (κ3) is 3.48.